The summed E-state index contributed by atoms with van der Waals surface area (Å²) in [6.07, 6.45) is 10.0. The fourth-order valence-corrected chi connectivity index (χ4v) is 1.86. The second-order valence-electron chi connectivity index (χ2n) is 1.89. The molecule has 4 nitrogen and oxygen atoms in total. The smallest absolute Gasteiger partial charge is 0.355 e. The highest BCUT2D eigenvalue weighted by Crippen LogP contribution is 2.08. The van der Waals surface area contributed by atoms with Crippen molar-refractivity contribution in [3.8, 4) is 24.7 Å². The molecule has 0 heterocycles. The van der Waals surface area contributed by atoms with Gasteiger partial charge in [-0.2, -0.15) is 0 Å². The van der Waals surface area contributed by atoms with Crippen molar-refractivity contribution in [3.05, 3.63) is 0 Å². The quantitative estimate of drug-likeness (QED) is 0.447. The van der Waals surface area contributed by atoms with Gasteiger partial charge in [-0.25, -0.2) is 0 Å². The minimum Gasteiger partial charge on any atom is -0.355 e. The number of hydrogen-bond donors (Lipinski definition) is 0. The molecular formula is C8H12O4Si. The van der Waals surface area contributed by atoms with Gasteiger partial charge in [0, 0.05) is 14.2 Å². The lowest BCUT2D eigenvalue weighted by Gasteiger charge is -2.22. The standard InChI is InChI=1S/C8H12O4Si/c1-5-7-11-13(9-3,10-4)12-8-6-2/h1-2H,7-8H2,3-4H3. The minimum atomic E-state index is -3.07. The Balaban J connectivity index is 4.16. The van der Waals surface area contributed by atoms with Crippen molar-refractivity contribution in [1.82, 2.24) is 0 Å². The van der Waals surface area contributed by atoms with E-state index < -0.39 is 9.05 Å². The van der Waals surface area contributed by atoms with E-state index in [1.54, 1.807) is 0 Å². The Kier molecular flexibility index (Phi) is 6.24. The van der Waals surface area contributed by atoms with Crippen LogP contribution in [0, 0.1) is 24.7 Å². The molecular weight excluding hydrogens is 188 g/mol. The molecule has 0 amide bonds. The van der Waals surface area contributed by atoms with Crippen LogP contribution in [0.5, 0.6) is 0 Å². The van der Waals surface area contributed by atoms with Crippen LogP contribution in [0.25, 0.3) is 0 Å². The minimum absolute atomic E-state index is 0.0679. The highest BCUT2D eigenvalue weighted by molar-refractivity contribution is 6.53. The number of rotatable bonds is 6. The number of hydrogen-bond acceptors (Lipinski definition) is 4. The lowest BCUT2D eigenvalue weighted by molar-refractivity contribution is 0.00687. The Morgan fingerprint density at radius 1 is 1.00 bits per heavy atom. The monoisotopic (exact) mass is 200 g/mol. The first-order valence-corrected chi connectivity index (χ1v) is 5.13. The van der Waals surface area contributed by atoms with Gasteiger partial charge in [0.05, 0.1) is 0 Å². The summed E-state index contributed by atoms with van der Waals surface area (Å²) in [7, 11) is -0.232. The molecule has 72 valence electrons. The highest BCUT2D eigenvalue weighted by Gasteiger charge is 2.43. The fraction of sp³-hybridized carbons (Fsp3) is 0.500. The normalized spacial score (nSPS) is 10.5. The van der Waals surface area contributed by atoms with Crippen LogP contribution in [0.2, 0.25) is 0 Å². The van der Waals surface area contributed by atoms with Gasteiger partial charge in [0.1, 0.15) is 13.2 Å². The van der Waals surface area contributed by atoms with E-state index in [1.807, 2.05) is 0 Å². The van der Waals surface area contributed by atoms with Crippen molar-refractivity contribution in [3.63, 3.8) is 0 Å². The molecule has 0 aromatic rings. The maximum atomic E-state index is 5.12. The van der Waals surface area contributed by atoms with Crippen molar-refractivity contribution < 1.29 is 17.7 Å². The predicted octanol–water partition coefficient (Wildman–Crippen LogP) is 0.0144. The topological polar surface area (TPSA) is 36.9 Å². The van der Waals surface area contributed by atoms with Crippen LogP contribution in [-0.2, 0) is 17.7 Å². The largest absolute Gasteiger partial charge is 0.680 e. The van der Waals surface area contributed by atoms with Gasteiger partial charge in [-0.05, 0) is 0 Å². The van der Waals surface area contributed by atoms with E-state index in [-0.39, 0.29) is 13.2 Å². The first-order valence-electron chi connectivity index (χ1n) is 3.49. The first-order chi connectivity index (χ1) is 6.24. The van der Waals surface area contributed by atoms with Crippen LogP contribution in [0.3, 0.4) is 0 Å². The van der Waals surface area contributed by atoms with E-state index in [9.17, 15) is 0 Å². The van der Waals surface area contributed by atoms with Gasteiger partial charge in [0.2, 0.25) is 0 Å². The molecule has 0 saturated heterocycles. The van der Waals surface area contributed by atoms with Crippen LogP contribution in [0.15, 0.2) is 0 Å². The summed E-state index contributed by atoms with van der Waals surface area (Å²) in [5.41, 5.74) is 0. The molecule has 0 unspecified atom stereocenters. The van der Waals surface area contributed by atoms with Crippen LogP contribution in [-0.4, -0.2) is 36.5 Å². The molecule has 0 aromatic carbocycles. The number of terminal acetylenes is 2. The zero-order valence-corrected chi connectivity index (χ0v) is 8.70. The molecule has 0 fully saturated rings. The van der Waals surface area contributed by atoms with Crippen molar-refractivity contribution >= 4 is 9.05 Å². The summed E-state index contributed by atoms with van der Waals surface area (Å²) in [6.45, 7) is 0.136. The SMILES string of the molecule is C#CCO[Si](OC)(OC)OCC#C. The molecule has 0 N–H and O–H groups in total. The Hall–Kier alpha value is -0.823. The van der Waals surface area contributed by atoms with Crippen molar-refractivity contribution in [2.75, 3.05) is 27.4 Å². The van der Waals surface area contributed by atoms with Gasteiger partial charge in [0.25, 0.3) is 0 Å². The predicted molar refractivity (Wildman–Crippen MR) is 49.3 cm³/mol. The van der Waals surface area contributed by atoms with Crippen molar-refractivity contribution in [2.24, 2.45) is 0 Å². The van der Waals surface area contributed by atoms with Crippen LogP contribution in [0.1, 0.15) is 0 Å². The van der Waals surface area contributed by atoms with Crippen LogP contribution >= 0.6 is 0 Å². The van der Waals surface area contributed by atoms with Gasteiger partial charge < -0.3 is 17.7 Å². The zero-order valence-electron chi connectivity index (χ0n) is 7.70. The maximum Gasteiger partial charge on any atom is 0.680 e. The Morgan fingerprint density at radius 2 is 1.38 bits per heavy atom. The second-order valence-corrected chi connectivity index (χ2v) is 4.29. The van der Waals surface area contributed by atoms with E-state index in [1.165, 1.54) is 14.2 Å². The Bertz CT molecular complexity index is 191. The van der Waals surface area contributed by atoms with Gasteiger partial charge in [-0.3, -0.25) is 0 Å². The Morgan fingerprint density at radius 3 is 1.62 bits per heavy atom. The third-order valence-electron chi connectivity index (χ3n) is 1.16. The highest BCUT2D eigenvalue weighted by atomic mass is 28.4. The first kappa shape index (κ1) is 12.2. The molecule has 0 bridgehead atoms. The van der Waals surface area contributed by atoms with E-state index >= 15 is 0 Å². The van der Waals surface area contributed by atoms with Gasteiger partial charge >= 0.3 is 9.05 Å². The van der Waals surface area contributed by atoms with Crippen LogP contribution < -0.4 is 0 Å². The van der Waals surface area contributed by atoms with Gasteiger partial charge in [0.15, 0.2) is 0 Å². The third-order valence-corrected chi connectivity index (χ3v) is 3.16. The molecule has 0 aromatic heterocycles. The molecule has 5 heteroatoms. The van der Waals surface area contributed by atoms with Gasteiger partial charge in [-0.1, -0.05) is 11.8 Å². The zero-order chi connectivity index (χ0) is 10.2. The van der Waals surface area contributed by atoms with Crippen molar-refractivity contribution in [2.45, 2.75) is 0 Å². The lowest BCUT2D eigenvalue weighted by atomic mass is 10.8. The third kappa shape index (κ3) is 4.09. The molecule has 0 spiro atoms. The summed E-state index contributed by atoms with van der Waals surface area (Å²) in [4.78, 5) is 0. The second kappa shape index (κ2) is 6.67. The fourth-order valence-electron chi connectivity index (χ4n) is 0.621. The summed E-state index contributed by atoms with van der Waals surface area (Å²) >= 11 is 0. The van der Waals surface area contributed by atoms with E-state index in [4.69, 9.17) is 30.6 Å². The van der Waals surface area contributed by atoms with Gasteiger partial charge in [-0.15, -0.1) is 12.8 Å². The summed E-state index contributed by atoms with van der Waals surface area (Å²) < 4.78 is 20.2. The molecule has 0 aliphatic heterocycles. The average molecular weight is 200 g/mol. The van der Waals surface area contributed by atoms with Crippen LogP contribution in [0.4, 0.5) is 0 Å². The molecule has 0 saturated carbocycles. The molecule has 0 aliphatic carbocycles. The molecule has 13 heavy (non-hydrogen) atoms. The molecule has 0 rings (SSSR count). The van der Waals surface area contributed by atoms with E-state index in [2.05, 4.69) is 11.8 Å². The Labute approximate surface area is 79.6 Å². The molecule has 0 radical (unpaired) electrons. The summed E-state index contributed by atoms with van der Waals surface area (Å²) in [6, 6.07) is 0. The van der Waals surface area contributed by atoms with Crippen molar-refractivity contribution in [1.29, 1.82) is 0 Å². The van der Waals surface area contributed by atoms with E-state index in [0.29, 0.717) is 0 Å². The van der Waals surface area contributed by atoms with E-state index in [0.717, 1.165) is 0 Å². The maximum absolute atomic E-state index is 5.12. The lowest BCUT2D eigenvalue weighted by Crippen LogP contribution is -2.47. The molecule has 0 aliphatic rings. The summed E-state index contributed by atoms with van der Waals surface area (Å²) in [5.74, 6) is 4.58. The molecule has 0 atom stereocenters. The summed E-state index contributed by atoms with van der Waals surface area (Å²) in [5, 5.41) is 0. The average Bonchev–Trinajstić information content (AvgIpc) is 2.20.